The molecule has 0 spiro atoms. The van der Waals surface area contributed by atoms with E-state index < -0.39 is 0 Å². The number of thioether (sulfide) groups is 1. The van der Waals surface area contributed by atoms with Crippen LogP contribution in [0.2, 0.25) is 0 Å². The van der Waals surface area contributed by atoms with Crippen molar-refractivity contribution in [3.8, 4) is 0 Å². The first kappa shape index (κ1) is 18.0. The van der Waals surface area contributed by atoms with E-state index >= 15 is 0 Å². The largest absolute Gasteiger partial charge is 0.368 e. The van der Waals surface area contributed by atoms with Crippen LogP contribution in [0.5, 0.6) is 0 Å². The number of hydrogen-bond acceptors (Lipinski definition) is 6. The average Bonchev–Trinajstić information content (AvgIpc) is 2.88. The van der Waals surface area contributed by atoms with E-state index in [4.69, 9.17) is 5.73 Å². The van der Waals surface area contributed by atoms with E-state index in [9.17, 15) is 9.59 Å². The summed E-state index contributed by atoms with van der Waals surface area (Å²) < 4.78 is 1.79. The molecule has 128 valence electrons. The molecule has 0 saturated carbocycles. The van der Waals surface area contributed by atoms with E-state index in [1.165, 1.54) is 18.7 Å². The topological polar surface area (TPSA) is 103 Å². The van der Waals surface area contributed by atoms with Gasteiger partial charge in [0.05, 0.1) is 5.25 Å². The summed E-state index contributed by atoms with van der Waals surface area (Å²) >= 11 is 1.30. The van der Waals surface area contributed by atoms with Gasteiger partial charge < -0.3 is 11.1 Å². The summed E-state index contributed by atoms with van der Waals surface area (Å²) in [5, 5.41) is 11.0. The number of anilines is 2. The van der Waals surface area contributed by atoms with Crippen molar-refractivity contribution in [3.63, 3.8) is 0 Å². The zero-order valence-corrected chi connectivity index (χ0v) is 14.9. The lowest BCUT2D eigenvalue weighted by molar-refractivity contribution is -0.115. The Kier molecular flexibility index (Phi) is 5.61. The summed E-state index contributed by atoms with van der Waals surface area (Å²) in [5.41, 5.74) is 7.05. The molecule has 0 radical (unpaired) electrons. The molecule has 7 nitrogen and oxygen atoms in total. The molecule has 0 bridgehead atoms. The number of aromatic nitrogens is 3. The first-order valence-corrected chi connectivity index (χ1v) is 8.46. The Morgan fingerprint density at radius 1 is 1.17 bits per heavy atom. The van der Waals surface area contributed by atoms with Gasteiger partial charge in [0, 0.05) is 17.3 Å². The van der Waals surface area contributed by atoms with Gasteiger partial charge in [-0.05, 0) is 52.0 Å². The number of nitrogens with two attached hydrogens (primary N) is 1. The van der Waals surface area contributed by atoms with Crippen molar-refractivity contribution in [2.45, 2.75) is 44.1 Å². The molecule has 0 aliphatic carbocycles. The van der Waals surface area contributed by atoms with Gasteiger partial charge in [-0.15, -0.1) is 10.2 Å². The van der Waals surface area contributed by atoms with Crippen molar-refractivity contribution >= 4 is 35.1 Å². The standard InChI is InChI=1S/C16H21N5O2S/c1-9(2)21-15(17)19-20-16(21)24-11(4)14(23)18-13-7-5-12(6-8-13)10(3)22/h5-9,11H,1-4H3,(H2,17,19)(H,18,23)/t11-/m1/s1. The summed E-state index contributed by atoms with van der Waals surface area (Å²) in [4.78, 5) is 23.6. The lowest BCUT2D eigenvalue weighted by atomic mass is 10.1. The Labute approximate surface area is 145 Å². The number of rotatable bonds is 6. The molecule has 0 saturated heterocycles. The Morgan fingerprint density at radius 3 is 2.33 bits per heavy atom. The Hall–Kier alpha value is -2.35. The second-order valence-electron chi connectivity index (χ2n) is 5.69. The predicted molar refractivity (Wildman–Crippen MR) is 95.2 cm³/mol. The lowest BCUT2D eigenvalue weighted by Crippen LogP contribution is -2.23. The van der Waals surface area contributed by atoms with Gasteiger partial charge in [0.15, 0.2) is 10.9 Å². The number of benzene rings is 1. The van der Waals surface area contributed by atoms with Crippen LogP contribution < -0.4 is 11.1 Å². The van der Waals surface area contributed by atoms with Crippen LogP contribution in [0.4, 0.5) is 11.6 Å². The molecule has 1 heterocycles. The fourth-order valence-electron chi connectivity index (χ4n) is 2.10. The van der Waals surface area contributed by atoms with Crippen LogP contribution in [0.15, 0.2) is 29.4 Å². The Morgan fingerprint density at radius 2 is 1.79 bits per heavy atom. The van der Waals surface area contributed by atoms with Gasteiger partial charge in [-0.2, -0.15) is 0 Å². The summed E-state index contributed by atoms with van der Waals surface area (Å²) in [5.74, 6) is 0.162. The molecular formula is C16H21N5O2S. The fourth-order valence-corrected chi connectivity index (χ4v) is 3.09. The lowest BCUT2D eigenvalue weighted by Gasteiger charge is -2.15. The highest BCUT2D eigenvalue weighted by atomic mass is 32.2. The van der Waals surface area contributed by atoms with Crippen LogP contribution in [0.1, 0.15) is 44.1 Å². The number of carbonyl (C=O) groups is 2. The van der Waals surface area contributed by atoms with Crippen LogP contribution in [-0.4, -0.2) is 31.7 Å². The van der Waals surface area contributed by atoms with E-state index in [2.05, 4.69) is 15.5 Å². The van der Waals surface area contributed by atoms with Crippen molar-refractivity contribution in [1.29, 1.82) is 0 Å². The third-order valence-electron chi connectivity index (χ3n) is 3.42. The molecule has 0 unspecified atom stereocenters. The number of nitrogens with one attached hydrogen (secondary N) is 1. The van der Waals surface area contributed by atoms with Gasteiger partial charge in [-0.25, -0.2) is 0 Å². The minimum absolute atomic E-state index is 0.0117. The van der Waals surface area contributed by atoms with Crippen LogP contribution in [-0.2, 0) is 4.79 Å². The van der Waals surface area contributed by atoms with E-state index in [0.717, 1.165) is 0 Å². The van der Waals surface area contributed by atoms with Crippen molar-refractivity contribution in [2.75, 3.05) is 11.1 Å². The number of hydrogen-bond donors (Lipinski definition) is 2. The fraction of sp³-hybridized carbons (Fsp3) is 0.375. The summed E-state index contributed by atoms with van der Waals surface area (Å²) in [6, 6.07) is 6.90. The first-order valence-electron chi connectivity index (χ1n) is 7.58. The second kappa shape index (κ2) is 7.48. The quantitative estimate of drug-likeness (QED) is 0.615. The van der Waals surface area contributed by atoms with E-state index in [1.54, 1.807) is 35.8 Å². The first-order chi connectivity index (χ1) is 11.3. The third-order valence-corrected chi connectivity index (χ3v) is 4.47. The van der Waals surface area contributed by atoms with E-state index in [0.29, 0.717) is 22.4 Å². The van der Waals surface area contributed by atoms with Crippen molar-refractivity contribution < 1.29 is 9.59 Å². The molecule has 8 heteroatoms. The van der Waals surface area contributed by atoms with E-state index in [1.807, 2.05) is 13.8 Å². The zero-order chi connectivity index (χ0) is 17.9. The number of nitrogen functional groups attached to an aromatic ring is 1. The number of carbonyl (C=O) groups excluding carboxylic acids is 2. The Bertz CT molecular complexity index is 739. The van der Waals surface area contributed by atoms with Gasteiger partial charge in [-0.3, -0.25) is 14.2 Å². The predicted octanol–water partition coefficient (Wildman–Crippen LogP) is 2.76. The molecular weight excluding hydrogens is 326 g/mol. The number of nitrogens with zero attached hydrogens (tertiary/aromatic N) is 3. The number of amides is 1. The summed E-state index contributed by atoms with van der Waals surface area (Å²) in [6.07, 6.45) is 0. The molecule has 0 aliphatic rings. The third kappa shape index (κ3) is 4.14. The van der Waals surface area contributed by atoms with Gasteiger partial charge >= 0.3 is 0 Å². The monoisotopic (exact) mass is 347 g/mol. The molecule has 1 aromatic heterocycles. The van der Waals surface area contributed by atoms with Gasteiger partial charge in [0.1, 0.15) is 0 Å². The molecule has 1 amide bonds. The minimum Gasteiger partial charge on any atom is -0.368 e. The van der Waals surface area contributed by atoms with Crippen molar-refractivity contribution in [3.05, 3.63) is 29.8 Å². The van der Waals surface area contributed by atoms with Gasteiger partial charge in [-0.1, -0.05) is 11.8 Å². The SMILES string of the molecule is CC(=O)c1ccc(NC(=O)[C@@H](C)Sc2nnc(N)n2C(C)C)cc1. The molecule has 1 atom stereocenters. The number of ketones is 1. The summed E-state index contributed by atoms with van der Waals surface area (Å²) in [6.45, 7) is 7.25. The van der Waals surface area contributed by atoms with Crippen LogP contribution in [0.3, 0.4) is 0 Å². The molecule has 0 fully saturated rings. The minimum atomic E-state index is -0.376. The van der Waals surface area contributed by atoms with E-state index in [-0.39, 0.29) is 23.0 Å². The van der Waals surface area contributed by atoms with Crippen LogP contribution >= 0.6 is 11.8 Å². The molecule has 2 aromatic rings. The zero-order valence-electron chi connectivity index (χ0n) is 14.1. The molecule has 0 aliphatic heterocycles. The average molecular weight is 347 g/mol. The van der Waals surface area contributed by atoms with Gasteiger partial charge in [0.2, 0.25) is 11.9 Å². The highest BCUT2D eigenvalue weighted by Gasteiger charge is 2.20. The maximum absolute atomic E-state index is 12.3. The van der Waals surface area contributed by atoms with Gasteiger partial charge in [0.25, 0.3) is 0 Å². The second-order valence-corrected chi connectivity index (χ2v) is 7.00. The molecule has 3 N–H and O–H groups in total. The molecule has 2 rings (SSSR count). The highest BCUT2D eigenvalue weighted by molar-refractivity contribution is 8.00. The van der Waals surface area contributed by atoms with Crippen LogP contribution in [0.25, 0.3) is 0 Å². The van der Waals surface area contributed by atoms with Crippen molar-refractivity contribution in [2.24, 2.45) is 0 Å². The summed E-state index contributed by atoms with van der Waals surface area (Å²) in [7, 11) is 0. The maximum Gasteiger partial charge on any atom is 0.237 e. The normalized spacial score (nSPS) is 12.2. The Balaban J connectivity index is 2.03. The highest BCUT2D eigenvalue weighted by Crippen LogP contribution is 2.27. The van der Waals surface area contributed by atoms with Crippen LogP contribution in [0, 0.1) is 0 Å². The number of Topliss-reactive ketones (excluding diaryl/α,β-unsaturated/α-hetero) is 1. The smallest absolute Gasteiger partial charge is 0.237 e. The van der Waals surface area contributed by atoms with Crippen molar-refractivity contribution in [1.82, 2.24) is 14.8 Å². The maximum atomic E-state index is 12.3. The molecule has 1 aromatic carbocycles. The molecule has 24 heavy (non-hydrogen) atoms.